The predicted octanol–water partition coefficient (Wildman–Crippen LogP) is 3.68. The number of hydrogen-bond acceptors (Lipinski definition) is 3. The van der Waals surface area contributed by atoms with E-state index in [1.54, 1.807) is 6.07 Å². The highest BCUT2D eigenvalue weighted by atomic mass is 35.5. The Balaban J connectivity index is 1.94. The maximum absolute atomic E-state index is 13.5. The number of pyridine rings is 1. The maximum Gasteiger partial charge on any atom is 0.133 e. The van der Waals surface area contributed by atoms with Crippen molar-refractivity contribution in [3.05, 3.63) is 52.4 Å². The van der Waals surface area contributed by atoms with Gasteiger partial charge in [0.25, 0.3) is 0 Å². The van der Waals surface area contributed by atoms with E-state index in [1.165, 1.54) is 6.07 Å². The molecule has 1 aliphatic heterocycles. The second-order valence-corrected chi connectivity index (χ2v) is 5.46. The van der Waals surface area contributed by atoms with Gasteiger partial charge >= 0.3 is 0 Å². The van der Waals surface area contributed by atoms with Gasteiger partial charge in [-0.15, -0.1) is 0 Å². The van der Waals surface area contributed by atoms with E-state index in [0.717, 1.165) is 42.3 Å². The number of aromatic nitrogens is 1. The zero-order valence-electron chi connectivity index (χ0n) is 11.9. The SMILES string of the molecule is CCNCc1nc(N2CCc3ccc(F)cc32)ccc1Cl. The third-order valence-corrected chi connectivity index (χ3v) is 4.01. The minimum atomic E-state index is -0.220. The lowest BCUT2D eigenvalue weighted by molar-refractivity contribution is 0.628. The van der Waals surface area contributed by atoms with Crippen LogP contribution in [-0.4, -0.2) is 18.1 Å². The number of halogens is 2. The van der Waals surface area contributed by atoms with Gasteiger partial charge in [0.15, 0.2) is 0 Å². The van der Waals surface area contributed by atoms with Crippen molar-refractivity contribution in [1.82, 2.24) is 10.3 Å². The molecule has 5 heteroatoms. The highest BCUT2D eigenvalue weighted by Crippen LogP contribution is 2.34. The summed E-state index contributed by atoms with van der Waals surface area (Å²) in [7, 11) is 0. The summed E-state index contributed by atoms with van der Waals surface area (Å²) in [6.45, 7) is 4.35. The lowest BCUT2D eigenvalue weighted by Gasteiger charge is -2.19. The third kappa shape index (κ3) is 2.87. The van der Waals surface area contributed by atoms with Gasteiger partial charge in [-0.1, -0.05) is 24.6 Å². The first-order valence-corrected chi connectivity index (χ1v) is 7.49. The number of benzene rings is 1. The van der Waals surface area contributed by atoms with Gasteiger partial charge in [-0.2, -0.15) is 0 Å². The number of nitrogens with one attached hydrogen (secondary N) is 1. The number of hydrogen-bond donors (Lipinski definition) is 1. The average Bonchev–Trinajstić information content (AvgIpc) is 2.89. The van der Waals surface area contributed by atoms with Crippen molar-refractivity contribution >= 4 is 23.1 Å². The molecule has 0 radical (unpaired) electrons. The molecular formula is C16H17ClFN3. The van der Waals surface area contributed by atoms with E-state index in [4.69, 9.17) is 11.6 Å². The Morgan fingerprint density at radius 3 is 3.00 bits per heavy atom. The largest absolute Gasteiger partial charge is 0.326 e. The summed E-state index contributed by atoms with van der Waals surface area (Å²) in [5.74, 6) is 0.596. The number of rotatable bonds is 4. The van der Waals surface area contributed by atoms with E-state index >= 15 is 0 Å². The Morgan fingerprint density at radius 2 is 2.19 bits per heavy atom. The second kappa shape index (κ2) is 6.00. The number of anilines is 2. The van der Waals surface area contributed by atoms with Crippen LogP contribution in [-0.2, 0) is 13.0 Å². The number of nitrogens with zero attached hydrogens (tertiary/aromatic N) is 2. The van der Waals surface area contributed by atoms with Crippen molar-refractivity contribution in [2.45, 2.75) is 19.9 Å². The summed E-state index contributed by atoms with van der Waals surface area (Å²) in [5, 5.41) is 3.88. The van der Waals surface area contributed by atoms with Gasteiger partial charge in [0, 0.05) is 18.8 Å². The molecule has 3 rings (SSSR count). The first kappa shape index (κ1) is 14.3. The van der Waals surface area contributed by atoms with Crippen LogP contribution in [0.2, 0.25) is 5.02 Å². The summed E-state index contributed by atoms with van der Waals surface area (Å²) in [6.07, 6.45) is 0.905. The molecule has 0 atom stereocenters. The van der Waals surface area contributed by atoms with Gasteiger partial charge in [0.1, 0.15) is 11.6 Å². The molecule has 2 aromatic rings. The molecule has 3 nitrogen and oxygen atoms in total. The van der Waals surface area contributed by atoms with Gasteiger partial charge in [0.05, 0.1) is 10.7 Å². The molecule has 0 bridgehead atoms. The second-order valence-electron chi connectivity index (χ2n) is 5.05. The molecule has 0 saturated carbocycles. The van der Waals surface area contributed by atoms with Crippen molar-refractivity contribution in [3.63, 3.8) is 0 Å². The first-order valence-electron chi connectivity index (χ1n) is 7.11. The van der Waals surface area contributed by atoms with Crippen LogP contribution in [0.4, 0.5) is 15.9 Å². The fraction of sp³-hybridized carbons (Fsp3) is 0.312. The molecule has 1 aromatic carbocycles. The molecule has 2 heterocycles. The summed E-state index contributed by atoms with van der Waals surface area (Å²) in [6, 6.07) is 8.67. The van der Waals surface area contributed by atoms with E-state index in [0.29, 0.717) is 11.6 Å². The molecule has 1 N–H and O–H groups in total. The lowest BCUT2D eigenvalue weighted by atomic mass is 10.2. The van der Waals surface area contributed by atoms with Gasteiger partial charge in [-0.25, -0.2) is 9.37 Å². The van der Waals surface area contributed by atoms with Crippen molar-refractivity contribution in [2.24, 2.45) is 0 Å². The molecule has 0 amide bonds. The Kier molecular flexibility index (Phi) is 4.08. The molecule has 0 fully saturated rings. The first-order chi connectivity index (χ1) is 10.2. The van der Waals surface area contributed by atoms with E-state index in [2.05, 4.69) is 10.3 Å². The zero-order chi connectivity index (χ0) is 14.8. The molecule has 0 spiro atoms. The standard InChI is InChI=1S/C16H17ClFN3/c1-2-19-10-14-13(17)5-6-16(20-14)21-8-7-11-3-4-12(18)9-15(11)21/h3-6,9,19H,2,7-8,10H2,1H3. The molecule has 110 valence electrons. The summed E-state index contributed by atoms with van der Waals surface area (Å²) in [4.78, 5) is 6.68. The van der Waals surface area contributed by atoms with E-state index in [1.807, 2.05) is 30.0 Å². The van der Waals surface area contributed by atoms with Crippen LogP contribution in [0, 0.1) is 5.82 Å². The van der Waals surface area contributed by atoms with Crippen LogP contribution in [0.25, 0.3) is 0 Å². The van der Waals surface area contributed by atoms with Gasteiger partial charge in [-0.05, 0) is 42.8 Å². The summed E-state index contributed by atoms with van der Waals surface area (Å²) >= 11 is 6.18. The maximum atomic E-state index is 13.5. The Labute approximate surface area is 128 Å². The van der Waals surface area contributed by atoms with Crippen LogP contribution in [0.3, 0.4) is 0 Å². The van der Waals surface area contributed by atoms with Crippen LogP contribution < -0.4 is 10.2 Å². The Morgan fingerprint density at radius 1 is 1.33 bits per heavy atom. The molecule has 21 heavy (non-hydrogen) atoms. The molecule has 0 aliphatic carbocycles. The monoisotopic (exact) mass is 305 g/mol. The molecule has 0 unspecified atom stereocenters. The van der Waals surface area contributed by atoms with Crippen molar-refractivity contribution in [2.75, 3.05) is 18.0 Å². The minimum absolute atomic E-state index is 0.220. The van der Waals surface area contributed by atoms with E-state index < -0.39 is 0 Å². The van der Waals surface area contributed by atoms with Crippen LogP contribution in [0.1, 0.15) is 18.2 Å². The normalized spacial score (nSPS) is 13.6. The molecule has 1 aromatic heterocycles. The molecule has 0 saturated heterocycles. The van der Waals surface area contributed by atoms with Crippen molar-refractivity contribution in [1.29, 1.82) is 0 Å². The fourth-order valence-corrected chi connectivity index (χ4v) is 2.75. The highest BCUT2D eigenvalue weighted by molar-refractivity contribution is 6.31. The Hall–Kier alpha value is -1.65. The van der Waals surface area contributed by atoms with Gasteiger partial charge < -0.3 is 10.2 Å². The topological polar surface area (TPSA) is 28.2 Å². The smallest absolute Gasteiger partial charge is 0.133 e. The summed E-state index contributed by atoms with van der Waals surface area (Å²) < 4.78 is 13.5. The van der Waals surface area contributed by atoms with E-state index in [9.17, 15) is 4.39 Å². The van der Waals surface area contributed by atoms with Gasteiger partial charge in [-0.3, -0.25) is 0 Å². The summed E-state index contributed by atoms with van der Waals surface area (Å²) in [5.41, 5.74) is 2.88. The number of fused-ring (bicyclic) bond motifs is 1. The van der Waals surface area contributed by atoms with Crippen LogP contribution in [0.15, 0.2) is 30.3 Å². The zero-order valence-corrected chi connectivity index (χ0v) is 12.6. The van der Waals surface area contributed by atoms with Crippen molar-refractivity contribution < 1.29 is 4.39 Å². The molecule has 1 aliphatic rings. The third-order valence-electron chi connectivity index (χ3n) is 3.67. The highest BCUT2D eigenvalue weighted by Gasteiger charge is 2.22. The Bertz CT molecular complexity index is 660. The lowest BCUT2D eigenvalue weighted by Crippen LogP contribution is -2.18. The predicted molar refractivity (Wildman–Crippen MR) is 83.7 cm³/mol. The fourth-order valence-electron chi connectivity index (χ4n) is 2.58. The van der Waals surface area contributed by atoms with Gasteiger partial charge in [0.2, 0.25) is 0 Å². The van der Waals surface area contributed by atoms with Crippen molar-refractivity contribution in [3.8, 4) is 0 Å². The average molecular weight is 306 g/mol. The molecular weight excluding hydrogens is 289 g/mol. The van der Waals surface area contributed by atoms with Crippen LogP contribution >= 0.6 is 11.6 Å². The van der Waals surface area contributed by atoms with Crippen LogP contribution in [0.5, 0.6) is 0 Å². The van der Waals surface area contributed by atoms with E-state index in [-0.39, 0.29) is 5.82 Å². The quantitative estimate of drug-likeness (QED) is 0.934. The minimum Gasteiger partial charge on any atom is -0.326 e.